The first-order valence-corrected chi connectivity index (χ1v) is 6.14. The van der Waals surface area contributed by atoms with Gasteiger partial charge in [-0.2, -0.15) is 5.26 Å². The van der Waals surface area contributed by atoms with Crippen LogP contribution in [-0.4, -0.2) is 30.2 Å². The van der Waals surface area contributed by atoms with E-state index in [2.05, 4.69) is 11.8 Å². The van der Waals surface area contributed by atoms with Gasteiger partial charge in [0, 0.05) is 19.1 Å². The maximum atomic E-state index is 13.2. The van der Waals surface area contributed by atoms with Crippen LogP contribution in [0.2, 0.25) is 0 Å². The highest BCUT2D eigenvalue weighted by Gasteiger charge is 2.23. The summed E-state index contributed by atoms with van der Waals surface area (Å²) in [6.07, 6.45) is 0.220. The summed E-state index contributed by atoms with van der Waals surface area (Å²) in [5.74, 6) is -0.454. The van der Waals surface area contributed by atoms with Crippen molar-refractivity contribution in [3.63, 3.8) is 0 Å². The summed E-state index contributed by atoms with van der Waals surface area (Å²) in [6, 6.07) is 6.95. The first-order valence-electron chi connectivity index (χ1n) is 6.14. The molecule has 4 heteroatoms. The Morgan fingerprint density at radius 1 is 1.50 bits per heavy atom. The van der Waals surface area contributed by atoms with Crippen molar-refractivity contribution in [1.82, 2.24) is 4.90 Å². The molecule has 0 N–H and O–H groups in total. The van der Waals surface area contributed by atoms with E-state index < -0.39 is 5.82 Å². The molecule has 2 unspecified atom stereocenters. The second-order valence-electron chi connectivity index (χ2n) is 4.85. The fourth-order valence-electron chi connectivity index (χ4n) is 2.18. The Hall–Kier alpha value is -1.44. The highest BCUT2D eigenvalue weighted by molar-refractivity contribution is 5.34. The predicted molar refractivity (Wildman–Crippen MR) is 66.4 cm³/mol. The second kappa shape index (κ2) is 5.47. The van der Waals surface area contributed by atoms with Crippen LogP contribution in [0.25, 0.3) is 0 Å². The number of nitriles is 1. The van der Waals surface area contributed by atoms with Crippen LogP contribution in [0, 0.1) is 17.1 Å². The summed E-state index contributed by atoms with van der Waals surface area (Å²) in [4.78, 5) is 2.29. The molecule has 2 atom stereocenters. The summed E-state index contributed by atoms with van der Waals surface area (Å²) < 4.78 is 18.8. The molecule has 1 aliphatic heterocycles. The molecule has 3 nitrogen and oxygen atoms in total. The van der Waals surface area contributed by atoms with Gasteiger partial charge in [-0.1, -0.05) is 6.07 Å². The summed E-state index contributed by atoms with van der Waals surface area (Å²) in [6.45, 7) is 6.46. The van der Waals surface area contributed by atoms with Gasteiger partial charge in [0.15, 0.2) is 0 Å². The van der Waals surface area contributed by atoms with Crippen molar-refractivity contribution < 1.29 is 9.13 Å². The SMILES string of the molecule is CC1CN(Cc2ccc(F)c(C#N)c2)C(C)CO1. The molecule has 1 aromatic carbocycles. The van der Waals surface area contributed by atoms with Crippen molar-refractivity contribution in [2.24, 2.45) is 0 Å². The Morgan fingerprint density at radius 3 is 3.00 bits per heavy atom. The molecule has 18 heavy (non-hydrogen) atoms. The second-order valence-corrected chi connectivity index (χ2v) is 4.85. The highest BCUT2D eigenvalue weighted by Crippen LogP contribution is 2.17. The standard InChI is InChI=1S/C14H17FN2O/c1-10-9-18-11(2)7-17(10)8-12-3-4-14(15)13(5-12)6-16/h3-5,10-11H,7-9H2,1-2H3. The number of ether oxygens (including phenoxy) is 1. The molecule has 2 rings (SSSR count). The fraction of sp³-hybridized carbons (Fsp3) is 0.500. The van der Waals surface area contributed by atoms with Gasteiger partial charge >= 0.3 is 0 Å². The molecule has 0 radical (unpaired) electrons. The van der Waals surface area contributed by atoms with Gasteiger partial charge in [0.1, 0.15) is 11.9 Å². The van der Waals surface area contributed by atoms with E-state index in [9.17, 15) is 4.39 Å². The largest absolute Gasteiger partial charge is 0.376 e. The molecular formula is C14H17FN2O. The molecule has 0 saturated carbocycles. The Morgan fingerprint density at radius 2 is 2.28 bits per heavy atom. The van der Waals surface area contributed by atoms with Gasteiger partial charge in [-0.25, -0.2) is 4.39 Å². The molecule has 0 aliphatic carbocycles. The summed E-state index contributed by atoms with van der Waals surface area (Å²) in [7, 11) is 0. The van der Waals surface area contributed by atoms with Crippen LogP contribution in [0.5, 0.6) is 0 Å². The monoisotopic (exact) mass is 248 g/mol. The van der Waals surface area contributed by atoms with E-state index in [1.807, 2.05) is 13.0 Å². The van der Waals surface area contributed by atoms with Gasteiger partial charge in [0.05, 0.1) is 18.3 Å². The zero-order valence-electron chi connectivity index (χ0n) is 10.7. The average molecular weight is 248 g/mol. The summed E-state index contributed by atoms with van der Waals surface area (Å²) in [5.41, 5.74) is 1.08. The van der Waals surface area contributed by atoms with Crippen LogP contribution < -0.4 is 0 Å². The first kappa shape index (κ1) is 13.0. The van der Waals surface area contributed by atoms with E-state index in [0.29, 0.717) is 12.6 Å². The maximum absolute atomic E-state index is 13.2. The van der Waals surface area contributed by atoms with E-state index in [-0.39, 0.29) is 11.7 Å². The van der Waals surface area contributed by atoms with Crippen LogP contribution in [0.15, 0.2) is 18.2 Å². The molecule has 96 valence electrons. The fourth-order valence-corrected chi connectivity index (χ4v) is 2.18. The predicted octanol–water partition coefficient (Wildman–Crippen LogP) is 2.31. The maximum Gasteiger partial charge on any atom is 0.140 e. The smallest absolute Gasteiger partial charge is 0.140 e. The van der Waals surface area contributed by atoms with Gasteiger partial charge in [0.2, 0.25) is 0 Å². The van der Waals surface area contributed by atoms with Crippen molar-refractivity contribution in [1.29, 1.82) is 5.26 Å². The molecule has 1 heterocycles. The zero-order chi connectivity index (χ0) is 13.1. The third kappa shape index (κ3) is 2.87. The van der Waals surface area contributed by atoms with E-state index >= 15 is 0 Å². The number of benzene rings is 1. The number of halogens is 1. The van der Waals surface area contributed by atoms with Crippen LogP contribution in [-0.2, 0) is 11.3 Å². The lowest BCUT2D eigenvalue weighted by molar-refractivity contribution is -0.0526. The van der Waals surface area contributed by atoms with Crippen LogP contribution in [0.1, 0.15) is 25.0 Å². The Kier molecular flexibility index (Phi) is 3.95. The third-order valence-corrected chi connectivity index (χ3v) is 3.27. The molecule has 1 saturated heterocycles. The number of nitrogens with zero attached hydrogens (tertiary/aromatic N) is 2. The minimum atomic E-state index is -0.454. The number of hydrogen-bond donors (Lipinski definition) is 0. The molecule has 0 bridgehead atoms. The van der Waals surface area contributed by atoms with Gasteiger partial charge in [-0.05, 0) is 31.5 Å². The molecule has 0 aromatic heterocycles. The Labute approximate surface area is 107 Å². The Bertz CT molecular complexity index is 469. The van der Waals surface area contributed by atoms with Gasteiger partial charge in [0.25, 0.3) is 0 Å². The molecule has 0 spiro atoms. The van der Waals surface area contributed by atoms with E-state index in [1.165, 1.54) is 6.07 Å². The van der Waals surface area contributed by atoms with E-state index in [0.717, 1.165) is 18.7 Å². The molecular weight excluding hydrogens is 231 g/mol. The average Bonchev–Trinajstić information content (AvgIpc) is 2.36. The molecule has 0 amide bonds. The number of rotatable bonds is 2. The van der Waals surface area contributed by atoms with E-state index in [1.54, 1.807) is 12.1 Å². The summed E-state index contributed by atoms with van der Waals surface area (Å²) >= 11 is 0. The molecule has 1 aromatic rings. The number of hydrogen-bond acceptors (Lipinski definition) is 3. The normalized spacial score (nSPS) is 24.8. The van der Waals surface area contributed by atoms with Crippen molar-refractivity contribution >= 4 is 0 Å². The minimum absolute atomic E-state index is 0.112. The lowest BCUT2D eigenvalue weighted by Crippen LogP contribution is -2.46. The van der Waals surface area contributed by atoms with Crippen molar-refractivity contribution in [3.8, 4) is 6.07 Å². The quantitative estimate of drug-likeness (QED) is 0.805. The lowest BCUT2D eigenvalue weighted by atomic mass is 10.1. The Balaban J connectivity index is 2.11. The zero-order valence-corrected chi connectivity index (χ0v) is 10.7. The third-order valence-electron chi connectivity index (χ3n) is 3.27. The topological polar surface area (TPSA) is 36.3 Å². The molecule has 1 fully saturated rings. The van der Waals surface area contributed by atoms with Crippen LogP contribution in [0.4, 0.5) is 4.39 Å². The minimum Gasteiger partial charge on any atom is -0.376 e. The van der Waals surface area contributed by atoms with Gasteiger partial charge in [-0.15, -0.1) is 0 Å². The highest BCUT2D eigenvalue weighted by atomic mass is 19.1. The first-order chi connectivity index (χ1) is 8.60. The van der Waals surface area contributed by atoms with Gasteiger partial charge < -0.3 is 4.74 Å². The summed E-state index contributed by atoms with van der Waals surface area (Å²) in [5, 5.41) is 8.82. The van der Waals surface area contributed by atoms with Gasteiger partial charge in [-0.3, -0.25) is 4.90 Å². The van der Waals surface area contributed by atoms with Crippen molar-refractivity contribution in [2.75, 3.05) is 13.2 Å². The van der Waals surface area contributed by atoms with Crippen LogP contribution in [0.3, 0.4) is 0 Å². The van der Waals surface area contributed by atoms with E-state index in [4.69, 9.17) is 10.00 Å². The number of morpholine rings is 1. The van der Waals surface area contributed by atoms with Crippen LogP contribution >= 0.6 is 0 Å². The van der Waals surface area contributed by atoms with Crippen molar-refractivity contribution in [2.45, 2.75) is 32.5 Å². The lowest BCUT2D eigenvalue weighted by Gasteiger charge is -2.36. The van der Waals surface area contributed by atoms with Crippen molar-refractivity contribution in [3.05, 3.63) is 35.1 Å². The molecule has 1 aliphatic rings.